The van der Waals surface area contributed by atoms with Crippen LogP contribution in [0.1, 0.15) is 41.6 Å². The summed E-state index contributed by atoms with van der Waals surface area (Å²) in [7, 11) is 0. The van der Waals surface area contributed by atoms with Crippen LogP contribution in [0.5, 0.6) is 0 Å². The highest BCUT2D eigenvalue weighted by molar-refractivity contribution is 9.09. The highest BCUT2D eigenvalue weighted by Gasteiger charge is 2.33. The summed E-state index contributed by atoms with van der Waals surface area (Å²) in [5.41, 5.74) is 1.43. The predicted octanol–water partition coefficient (Wildman–Crippen LogP) is 3.82. The van der Waals surface area contributed by atoms with Crippen molar-refractivity contribution in [1.82, 2.24) is 5.32 Å². The van der Waals surface area contributed by atoms with Gasteiger partial charge in [-0.25, -0.2) is 4.39 Å². The van der Waals surface area contributed by atoms with E-state index in [4.69, 9.17) is 0 Å². The lowest BCUT2D eigenvalue weighted by atomic mass is 9.88. The van der Waals surface area contributed by atoms with Crippen molar-refractivity contribution in [2.75, 3.05) is 11.9 Å². The molecule has 4 heteroatoms. The number of carbonyl (C=O) groups is 1. The van der Waals surface area contributed by atoms with Crippen LogP contribution in [0.2, 0.25) is 0 Å². The van der Waals surface area contributed by atoms with Gasteiger partial charge in [-0.1, -0.05) is 28.8 Å². The fourth-order valence-corrected chi connectivity index (χ4v) is 3.49. The van der Waals surface area contributed by atoms with Gasteiger partial charge >= 0.3 is 0 Å². The van der Waals surface area contributed by atoms with Crippen LogP contribution in [0.15, 0.2) is 18.2 Å². The molecule has 1 saturated carbocycles. The molecule has 0 unspecified atom stereocenters. The Morgan fingerprint density at radius 3 is 2.68 bits per heavy atom. The molecule has 2 rings (SSSR count). The van der Waals surface area contributed by atoms with E-state index in [1.54, 1.807) is 13.0 Å². The van der Waals surface area contributed by atoms with Gasteiger partial charge in [-0.3, -0.25) is 4.79 Å². The average molecular weight is 328 g/mol. The number of benzene rings is 1. The average Bonchev–Trinajstić information content (AvgIpc) is 2.85. The summed E-state index contributed by atoms with van der Waals surface area (Å²) in [4.78, 5) is 12.1. The van der Waals surface area contributed by atoms with Crippen molar-refractivity contribution in [2.24, 2.45) is 5.41 Å². The molecule has 0 aliphatic heterocycles. The number of carbonyl (C=O) groups excluding carboxylic acids is 1. The van der Waals surface area contributed by atoms with Crippen molar-refractivity contribution in [3.05, 3.63) is 35.1 Å². The van der Waals surface area contributed by atoms with Crippen molar-refractivity contribution in [3.8, 4) is 0 Å². The van der Waals surface area contributed by atoms with Gasteiger partial charge in [-0.15, -0.1) is 0 Å². The molecule has 0 atom stereocenters. The van der Waals surface area contributed by atoms with Crippen LogP contribution < -0.4 is 5.32 Å². The summed E-state index contributed by atoms with van der Waals surface area (Å²) < 4.78 is 13.0. The Kier molecular flexibility index (Phi) is 4.61. The molecule has 1 aliphatic carbocycles. The van der Waals surface area contributed by atoms with E-state index in [1.165, 1.54) is 25.0 Å². The zero-order chi connectivity index (χ0) is 13.9. The van der Waals surface area contributed by atoms with E-state index in [9.17, 15) is 9.18 Å². The van der Waals surface area contributed by atoms with Crippen LogP contribution in [-0.2, 0) is 0 Å². The molecular formula is C15H19BrFNO. The van der Waals surface area contributed by atoms with Crippen LogP contribution in [0.25, 0.3) is 0 Å². The predicted molar refractivity (Wildman–Crippen MR) is 78.2 cm³/mol. The molecule has 0 bridgehead atoms. The molecule has 0 radical (unpaired) electrons. The largest absolute Gasteiger partial charge is 0.351 e. The van der Waals surface area contributed by atoms with Crippen LogP contribution in [0.3, 0.4) is 0 Å². The molecule has 104 valence electrons. The fourth-order valence-electron chi connectivity index (χ4n) is 2.73. The second kappa shape index (κ2) is 6.04. The molecule has 1 N–H and O–H groups in total. The van der Waals surface area contributed by atoms with Gasteiger partial charge in [0.25, 0.3) is 5.91 Å². The Morgan fingerprint density at radius 1 is 1.42 bits per heavy atom. The SMILES string of the molecule is Cc1cc(F)ccc1C(=O)NCC1(CBr)CCCC1. The molecule has 1 aliphatic rings. The number of hydrogen-bond donors (Lipinski definition) is 1. The van der Waals surface area contributed by atoms with Crippen molar-refractivity contribution in [3.63, 3.8) is 0 Å². The van der Waals surface area contributed by atoms with E-state index in [1.807, 2.05) is 0 Å². The third-order valence-corrected chi connectivity index (χ3v) is 5.19. The summed E-state index contributed by atoms with van der Waals surface area (Å²) in [6.45, 7) is 2.45. The molecule has 0 spiro atoms. The van der Waals surface area contributed by atoms with E-state index in [0.717, 1.165) is 18.2 Å². The van der Waals surface area contributed by atoms with E-state index < -0.39 is 0 Å². The summed E-state index contributed by atoms with van der Waals surface area (Å²) in [6.07, 6.45) is 4.77. The number of halogens is 2. The van der Waals surface area contributed by atoms with E-state index in [-0.39, 0.29) is 17.1 Å². The second-order valence-electron chi connectivity index (χ2n) is 5.48. The lowest BCUT2D eigenvalue weighted by molar-refractivity contribution is 0.0935. The van der Waals surface area contributed by atoms with Crippen molar-refractivity contribution in [2.45, 2.75) is 32.6 Å². The lowest BCUT2D eigenvalue weighted by Crippen LogP contribution is -2.37. The molecular weight excluding hydrogens is 309 g/mol. The Bertz CT molecular complexity index is 469. The summed E-state index contributed by atoms with van der Waals surface area (Å²) in [5, 5.41) is 3.92. The maximum Gasteiger partial charge on any atom is 0.251 e. The molecule has 0 aromatic heterocycles. The fraction of sp³-hybridized carbons (Fsp3) is 0.533. The molecule has 2 nitrogen and oxygen atoms in total. The molecule has 1 amide bonds. The molecule has 1 aromatic rings. The van der Waals surface area contributed by atoms with Crippen molar-refractivity contribution in [1.29, 1.82) is 0 Å². The third kappa shape index (κ3) is 3.35. The van der Waals surface area contributed by atoms with E-state index in [2.05, 4.69) is 21.2 Å². The van der Waals surface area contributed by atoms with Gasteiger partial charge in [0.2, 0.25) is 0 Å². The maximum atomic E-state index is 13.0. The first kappa shape index (κ1) is 14.5. The standard InChI is InChI=1S/C15H19BrFNO/c1-11-8-12(17)4-5-13(11)14(19)18-10-15(9-16)6-2-3-7-15/h4-5,8H,2-3,6-7,9-10H2,1H3,(H,18,19). The van der Waals surface area contributed by atoms with Gasteiger partial charge < -0.3 is 5.32 Å². The molecule has 0 saturated heterocycles. The van der Waals surface area contributed by atoms with Gasteiger partial charge in [0.1, 0.15) is 5.82 Å². The van der Waals surface area contributed by atoms with Crippen LogP contribution >= 0.6 is 15.9 Å². The maximum absolute atomic E-state index is 13.0. The highest BCUT2D eigenvalue weighted by Crippen LogP contribution is 2.39. The van der Waals surface area contributed by atoms with Crippen molar-refractivity contribution >= 4 is 21.8 Å². The van der Waals surface area contributed by atoms with Gasteiger partial charge in [0, 0.05) is 17.4 Å². The Morgan fingerprint density at radius 2 is 2.11 bits per heavy atom. The Hall–Kier alpha value is -0.900. The number of rotatable bonds is 4. The number of aryl methyl sites for hydroxylation is 1. The van der Waals surface area contributed by atoms with Gasteiger partial charge in [0.05, 0.1) is 0 Å². The molecule has 1 aromatic carbocycles. The molecule has 1 fully saturated rings. The van der Waals surface area contributed by atoms with Crippen LogP contribution in [-0.4, -0.2) is 17.8 Å². The highest BCUT2D eigenvalue weighted by atomic mass is 79.9. The summed E-state index contributed by atoms with van der Waals surface area (Å²) in [5.74, 6) is -0.411. The minimum atomic E-state index is -0.304. The second-order valence-corrected chi connectivity index (χ2v) is 6.04. The van der Waals surface area contributed by atoms with E-state index in [0.29, 0.717) is 17.7 Å². The van der Waals surface area contributed by atoms with Gasteiger partial charge in [-0.05, 0) is 48.9 Å². The number of hydrogen-bond acceptors (Lipinski definition) is 1. The van der Waals surface area contributed by atoms with Crippen molar-refractivity contribution < 1.29 is 9.18 Å². The minimum Gasteiger partial charge on any atom is -0.351 e. The Labute approximate surface area is 121 Å². The third-order valence-electron chi connectivity index (χ3n) is 4.00. The molecule has 19 heavy (non-hydrogen) atoms. The normalized spacial score (nSPS) is 17.4. The van der Waals surface area contributed by atoms with Gasteiger partial charge in [0.15, 0.2) is 0 Å². The molecule has 0 heterocycles. The first-order chi connectivity index (χ1) is 9.06. The minimum absolute atomic E-state index is 0.107. The van der Waals surface area contributed by atoms with Gasteiger partial charge in [-0.2, -0.15) is 0 Å². The first-order valence-electron chi connectivity index (χ1n) is 6.67. The lowest BCUT2D eigenvalue weighted by Gasteiger charge is -2.26. The van der Waals surface area contributed by atoms with Crippen LogP contribution in [0.4, 0.5) is 4.39 Å². The van der Waals surface area contributed by atoms with E-state index >= 15 is 0 Å². The quantitative estimate of drug-likeness (QED) is 0.837. The number of nitrogens with one attached hydrogen (secondary N) is 1. The topological polar surface area (TPSA) is 29.1 Å². The zero-order valence-electron chi connectivity index (χ0n) is 11.1. The number of alkyl halides is 1. The Balaban J connectivity index is 2.01. The zero-order valence-corrected chi connectivity index (χ0v) is 12.7. The number of amides is 1. The monoisotopic (exact) mass is 327 g/mol. The summed E-state index contributed by atoms with van der Waals surface area (Å²) in [6, 6.07) is 4.28. The summed E-state index contributed by atoms with van der Waals surface area (Å²) >= 11 is 3.56. The smallest absolute Gasteiger partial charge is 0.251 e. The van der Waals surface area contributed by atoms with Crippen LogP contribution in [0, 0.1) is 18.2 Å². The first-order valence-corrected chi connectivity index (χ1v) is 7.79.